The monoisotopic (exact) mass is 293 g/mol. The number of H-pyrrole nitrogens is 1. The molecule has 6 nitrogen and oxygen atoms in total. The van der Waals surface area contributed by atoms with E-state index in [0.29, 0.717) is 17.2 Å². The van der Waals surface area contributed by atoms with E-state index in [-0.39, 0.29) is 5.91 Å². The van der Waals surface area contributed by atoms with Gasteiger partial charge in [0.25, 0.3) is 5.91 Å². The average molecular weight is 293 g/mol. The van der Waals surface area contributed by atoms with Crippen LogP contribution in [0.4, 0.5) is 5.69 Å². The Hall–Kier alpha value is -3.02. The molecule has 0 bridgehead atoms. The summed E-state index contributed by atoms with van der Waals surface area (Å²) in [6.07, 6.45) is 3.17. The van der Waals surface area contributed by atoms with Gasteiger partial charge in [-0.1, -0.05) is 30.3 Å². The molecule has 2 aromatic heterocycles. The third kappa shape index (κ3) is 2.71. The van der Waals surface area contributed by atoms with Gasteiger partial charge >= 0.3 is 0 Å². The first-order valence-electron chi connectivity index (χ1n) is 6.85. The molecule has 1 amide bonds. The average Bonchev–Trinajstić information content (AvgIpc) is 2.88. The number of carbonyl (C=O) groups excluding carboxylic acids is 1. The summed E-state index contributed by atoms with van der Waals surface area (Å²) in [6, 6.07) is 9.66. The van der Waals surface area contributed by atoms with Gasteiger partial charge in [-0.15, -0.1) is 0 Å². The van der Waals surface area contributed by atoms with Crippen LogP contribution in [0.5, 0.6) is 0 Å². The van der Waals surface area contributed by atoms with Gasteiger partial charge in [0.1, 0.15) is 0 Å². The lowest BCUT2D eigenvalue weighted by Crippen LogP contribution is -2.14. The number of aromatic nitrogens is 4. The Balaban J connectivity index is 1.77. The zero-order chi connectivity index (χ0) is 15.5. The fraction of sp³-hybridized carbons (Fsp3) is 0.125. The van der Waals surface area contributed by atoms with Gasteiger partial charge in [0.15, 0.2) is 11.5 Å². The predicted octanol–water partition coefficient (Wildman–Crippen LogP) is 2.74. The Labute approximate surface area is 127 Å². The van der Waals surface area contributed by atoms with Crippen LogP contribution in [0.3, 0.4) is 0 Å². The third-order valence-electron chi connectivity index (χ3n) is 3.41. The zero-order valence-electron chi connectivity index (χ0n) is 12.3. The molecule has 0 atom stereocenters. The molecule has 1 aromatic carbocycles. The second-order valence-corrected chi connectivity index (χ2v) is 4.94. The van der Waals surface area contributed by atoms with Crippen LogP contribution >= 0.6 is 0 Å². The van der Waals surface area contributed by atoms with E-state index in [1.807, 2.05) is 44.2 Å². The van der Waals surface area contributed by atoms with Crippen LogP contribution in [-0.4, -0.2) is 26.1 Å². The molecule has 22 heavy (non-hydrogen) atoms. The number of rotatable bonds is 3. The summed E-state index contributed by atoms with van der Waals surface area (Å²) in [5, 5.41) is 9.54. The number of aromatic amines is 1. The predicted molar refractivity (Wildman–Crippen MR) is 83.5 cm³/mol. The van der Waals surface area contributed by atoms with Gasteiger partial charge in [0, 0.05) is 16.8 Å². The molecule has 0 unspecified atom stereocenters. The van der Waals surface area contributed by atoms with E-state index in [4.69, 9.17) is 0 Å². The number of hydrogen-bond acceptors (Lipinski definition) is 4. The van der Waals surface area contributed by atoms with Gasteiger partial charge < -0.3 is 5.32 Å². The van der Waals surface area contributed by atoms with Crippen LogP contribution in [0.1, 0.15) is 21.7 Å². The fourth-order valence-electron chi connectivity index (χ4n) is 2.03. The number of amides is 1. The molecule has 0 saturated heterocycles. The Kier molecular flexibility index (Phi) is 3.65. The second-order valence-electron chi connectivity index (χ2n) is 4.94. The van der Waals surface area contributed by atoms with Crippen LogP contribution < -0.4 is 5.32 Å². The zero-order valence-corrected chi connectivity index (χ0v) is 12.3. The quantitative estimate of drug-likeness (QED) is 0.777. The summed E-state index contributed by atoms with van der Waals surface area (Å²) in [6.45, 7) is 3.72. The molecular weight excluding hydrogens is 278 g/mol. The topological polar surface area (TPSA) is 83.6 Å². The van der Waals surface area contributed by atoms with Crippen molar-refractivity contribution < 1.29 is 4.79 Å². The van der Waals surface area contributed by atoms with E-state index in [1.54, 1.807) is 12.4 Å². The molecule has 3 rings (SSSR count). The van der Waals surface area contributed by atoms with Crippen molar-refractivity contribution in [2.75, 3.05) is 5.32 Å². The van der Waals surface area contributed by atoms with Gasteiger partial charge in [0.05, 0.1) is 18.1 Å². The molecule has 110 valence electrons. The molecule has 0 aliphatic carbocycles. The van der Waals surface area contributed by atoms with Crippen LogP contribution in [0.15, 0.2) is 42.7 Å². The van der Waals surface area contributed by atoms with Crippen molar-refractivity contribution in [3.63, 3.8) is 0 Å². The molecule has 0 fully saturated rings. The molecule has 0 aliphatic heterocycles. The molecule has 0 spiro atoms. The minimum absolute atomic E-state index is 0.280. The van der Waals surface area contributed by atoms with Crippen molar-refractivity contribution in [2.24, 2.45) is 0 Å². The molecule has 0 aliphatic rings. The van der Waals surface area contributed by atoms with Crippen molar-refractivity contribution in [3.8, 4) is 11.4 Å². The van der Waals surface area contributed by atoms with E-state index in [9.17, 15) is 4.79 Å². The molecule has 0 radical (unpaired) electrons. The van der Waals surface area contributed by atoms with E-state index in [1.165, 1.54) is 0 Å². The summed E-state index contributed by atoms with van der Waals surface area (Å²) in [5.41, 5.74) is 3.55. The molecule has 2 N–H and O–H groups in total. The smallest absolute Gasteiger partial charge is 0.276 e. The van der Waals surface area contributed by atoms with E-state index < -0.39 is 0 Å². The van der Waals surface area contributed by atoms with Gasteiger partial charge in [-0.3, -0.25) is 9.89 Å². The summed E-state index contributed by atoms with van der Waals surface area (Å²) in [7, 11) is 0. The fourth-order valence-corrected chi connectivity index (χ4v) is 2.03. The SMILES string of the molecule is Cc1[nH]nc(C(=O)Nc2cnc(-c3ccccc3)nc2)c1C. The van der Waals surface area contributed by atoms with Crippen molar-refractivity contribution in [1.82, 2.24) is 20.2 Å². The van der Waals surface area contributed by atoms with Crippen LogP contribution in [-0.2, 0) is 0 Å². The Morgan fingerprint density at radius 1 is 1.09 bits per heavy atom. The first-order chi connectivity index (χ1) is 10.6. The number of aryl methyl sites for hydroxylation is 1. The lowest BCUT2D eigenvalue weighted by molar-refractivity contribution is 0.102. The maximum absolute atomic E-state index is 12.2. The molecule has 3 aromatic rings. The van der Waals surface area contributed by atoms with Gasteiger partial charge in [0.2, 0.25) is 0 Å². The maximum Gasteiger partial charge on any atom is 0.276 e. The standard InChI is InChI=1S/C16H15N5O/c1-10-11(2)20-21-14(10)16(22)19-13-8-17-15(18-9-13)12-6-4-3-5-7-12/h3-9H,1-2H3,(H,19,22)(H,20,21). The number of benzene rings is 1. The summed E-state index contributed by atoms with van der Waals surface area (Å²) in [4.78, 5) is 20.7. The van der Waals surface area contributed by atoms with Gasteiger partial charge in [-0.05, 0) is 13.8 Å². The van der Waals surface area contributed by atoms with Crippen molar-refractivity contribution in [2.45, 2.75) is 13.8 Å². The second kappa shape index (κ2) is 5.77. The highest BCUT2D eigenvalue weighted by Gasteiger charge is 2.14. The summed E-state index contributed by atoms with van der Waals surface area (Å²) >= 11 is 0. The van der Waals surface area contributed by atoms with E-state index in [0.717, 1.165) is 16.8 Å². The van der Waals surface area contributed by atoms with Gasteiger partial charge in [-0.2, -0.15) is 5.10 Å². The minimum atomic E-state index is -0.280. The number of carbonyl (C=O) groups is 1. The minimum Gasteiger partial charge on any atom is -0.318 e. The lowest BCUT2D eigenvalue weighted by Gasteiger charge is -2.04. The van der Waals surface area contributed by atoms with E-state index in [2.05, 4.69) is 25.5 Å². The first-order valence-corrected chi connectivity index (χ1v) is 6.85. The van der Waals surface area contributed by atoms with Crippen LogP contribution in [0.25, 0.3) is 11.4 Å². The first kappa shape index (κ1) is 13.9. The third-order valence-corrected chi connectivity index (χ3v) is 3.41. The van der Waals surface area contributed by atoms with Crippen molar-refractivity contribution in [1.29, 1.82) is 0 Å². The van der Waals surface area contributed by atoms with E-state index >= 15 is 0 Å². The molecular formula is C16H15N5O. The van der Waals surface area contributed by atoms with Crippen LogP contribution in [0.2, 0.25) is 0 Å². The highest BCUT2D eigenvalue weighted by Crippen LogP contribution is 2.16. The number of hydrogen-bond donors (Lipinski definition) is 2. The number of nitrogens with one attached hydrogen (secondary N) is 2. The van der Waals surface area contributed by atoms with Crippen molar-refractivity contribution >= 4 is 11.6 Å². The summed E-state index contributed by atoms with van der Waals surface area (Å²) < 4.78 is 0. The van der Waals surface area contributed by atoms with Gasteiger partial charge in [-0.25, -0.2) is 9.97 Å². The van der Waals surface area contributed by atoms with Crippen LogP contribution in [0, 0.1) is 13.8 Å². The molecule has 6 heteroatoms. The molecule has 0 saturated carbocycles. The highest BCUT2D eigenvalue weighted by molar-refractivity contribution is 6.03. The summed E-state index contributed by atoms with van der Waals surface area (Å²) in [5.74, 6) is 0.336. The lowest BCUT2D eigenvalue weighted by atomic mass is 10.2. The Morgan fingerprint density at radius 3 is 2.36 bits per heavy atom. The normalized spacial score (nSPS) is 10.5. The molecule has 2 heterocycles. The largest absolute Gasteiger partial charge is 0.318 e. The number of nitrogens with zero attached hydrogens (tertiary/aromatic N) is 3. The Morgan fingerprint density at radius 2 is 1.77 bits per heavy atom. The highest BCUT2D eigenvalue weighted by atomic mass is 16.1. The Bertz CT molecular complexity index is 793. The number of anilines is 1. The van der Waals surface area contributed by atoms with Crippen molar-refractivity contribution in [3.05, 3.63) is 59.7 Å². The maximum atomic E-state index is 12.2.